The number of ether oxygens (including phenoxy) is 3. The normalized spacial score (nSPS) is 16.0. The van der Waals surface area contributed by atoms with Crippen LogP contribution in [-0.4, -0.2) is 37.5 Å². The van der Waals surface area contributed by atoms with Crippen LogP contribution in [-0.2, 0) is 20.9 Å². The van der Waals surface area contributed by atoms with Crippen molar-refractivity contribution in [2.75, 3.05) is 14.2 Å². The Morgan fingerprint density at radius 2 is 2.00 bits per heavy atom. The fourth-order valence-corrected chi connectivity index (χ4v) is 3.64. The zero-order valence-corrected chi connectivity index (χ0v) is 19.0. The number of nitrogens with one attached hydrogen (secondary N) is 1. The molecule has 3 rings (SSSR count). The van der Waals surface area contributed by atoms with Crippen LogP contribution in [0.3, 0.4) is 0 Å². The molecule has 1 fully saturated rings. The smallest absolute Gasteiger partial charge is 0.331 e. The van der Waals surface area contributed by atoms with Crippen molar-refractivity contribution >= 4 is 51.0 Å². The Balaban J connectivity index is 1.70. The Kier molecular flexibility index (Phi) is 7.85. The lowest BCUT2D eigenvalue weighted by Crippen LogP contribution is -2.19. The lowest BCUT2D eigenvalue weighted by atomic mass is 10.1. The molecular weight excluding hydrogens is 486 g/mol. The molecule has 1 aliphatic heterocycles. The highest BCUT2D eigenvalue weighted by Gasteiger charge is 2.25. The first-order chi connectivity index (χ1) is 15.0. The van der Waals surface area contributed by atoms with E-state index in [2.05, 4.69) is 36.2 Å². The third-order valence-corrected chi connectivity index (χ3v) is 5.54. The molecule has 0 radical (unpaired) electrons. The molecule has 0 aromatic heterocycles. The van der Waals surface area contributed by atoms with Crippen molar-refractivity contribution < 1.29 is 23.8 Å². The van der Waals surface area contributed by atoms with E-state index in [1.807, 2.05) is 42.5 Å². The number of para-hydroxylation sites is 1. The number of nitrogens with zero attached hydrogens (tertiary/aromatic N) is 2. The van der Waals surface area contributed by atoms with Gasteiger partial charge in [-0.05, 0) is 63.6 Å². The number of halogens is 1. The number of carbonyl (C=O) groups excluding carboxylic acids is 2. The van der Waals surface area contributed by atoms with Crippen molar-refractivity contribution in [3.05, 3.63) is 69.0 Å². The molecule has 1 heterocycles. The van der Waals surface area contributed by atoms with E-state index in [1.54, 1.807) is 13.3 Å². The fraction of sp³-hybridized carbons (Fsp3) is 0.143. The molecule has 0 aliphatic carbocycles. The maximum absolute atomic E-state index is 11.8. The van der Waals surface area contributed by atoms with Gasteiger partial charge >= 0.3 is 5.97 Å². The number of rotatable bonds is 7. The molecule has 2 aromatic rings. The minimum Gasteiger partial charge on any atom is -0.496 e. The molecule has 1 aliphatic rings. The molecule has 160 valence electrons. The highest BCUT2D eigenvalue weighted by Crippen LogP contribution is 2.27. The average Bonchev–Trinajstić information content (AvgIpc) is 3.12. The molecule has 0 unspecified atom stereocenters. The fourth-order valence-electron chi connectivity index (χ4n) is 2.50. The van der Waals surface area contributed by atoms with Gasteiger partial charge in [0, 0.05) is 11.6 Å². The van der Waals surface area contributed by atoms with E-state index in [1.165, 1.54) is 7.11 Å². The molecule has 0 saturated carbocycles. The van der Waals surface area contributed by atoms with Crippen LogP contribution < -0.4 is 14.8 Å². The van der Waals surface area contributed by atoms with Crippen LogP contribution in [0.25, 0.3) is 0 Å². The monoisotopic (exact) mass is 503 g/mol. The van der Waals surface area contributed by atoms with Crippen LogP contribution >= 0.6 is 27.7 Å². The number of benzene rings is 2. The molecule has 10 heteroatoms. The zero-order chi connectivity index (χ0) is 22.2. The van der Waals surface area contributed by atoms with E-state index >= 15 is 0 Å². The van der Waals surface area contributed by atoms with Gasteiger partial charge in [0.15, 0.2) is 5.17 Å². The number of amides is 1. The quantitative estimate of drug-likeness (QED) is 0.268. The number of esters is 1. The molecule has 1 amide bonds. The van der Waals surface area contributed by atoms with Gasteiger partial charge in [-0.2, -0.15) is 5.10 Å². The lowest BCUT2D eigenvalue weighted by Gasteiger charge is -2.12. The Morgan fingerprint density at radius 1 is 1.19 bits per heavy atom. The first-order valence-electron chi connectivity index (χ1n) is 8.94. The third-order valence-electron chi connectivity index (χ3n) is 3.98. The first kappa shape index (κ1) is 22.6. The van der Waals surface area contributed by atoms with E-state index in [-0.39, 0.29) is 10.1 Å². The number of methoxy groups -OCH3 is 2. The summed E-state index contributed by atoms with van der Waals surface area (Å²) in [6, 6.07) is 13.1. The summed E-state index contributed by atoms with van der Waals surface area (Å²) in [5, 5.41) is 10.8. The van der Waals surface area contributed by atoms with Gasteiger partial charge in [-0.15, -0.1) is 5.10 Å². The Bertz CT molecular complexity index is 1080. The summed E-state index contributed by atoms with van der Waals surface area (Å²) >= 11 is 4.46. The van der Waals surface area contributed by atoms with Gasteiger partial charge < -0.3 is 14.2 Å². The second-order valence-corrected chi connectivity index (χ2v) is 7.91. The van der Waals surface area contributed by atoms with Gasteiger partial charge in [0.2, 0.25) is 0 Å². The van der Waals surface area contributed by atoms with Gasteiger partial charge in [-0.25, -0.2) is 4.79 Å². The summed E-state index contributed by atoms with van der Waals surface area (Å²) in [6.07, 6.45) is 2.65. The van der Waals surface area contributed by atoms with Crippen molar-refractivity contribution in [1.82, 2.24) is 5.32 Å². The minimum absolute atomic E-state index is 0.191. The molecular formula is C21H18BrN3O5S. The van der Waals surface area contributed by atoms with Gasteiger partial charge in [-0.3, -0.25) is 10.1 Å². The summed E-state index contributed by atoms with van der Waals surface area (Å²) in [4.78, 5) is 23.3. The predicted molar refractivity (Wildman–Crippen MR) is 122 cm³/mol. The van der Waals surface area contributed by atoms with Crippen LogP contribution in [0, 0.1) is 0 Å². The van der Waals surface area contributed by atoms with Gasteiger partial charge in [0.1, 0.15) is 18.1 Å². The van der Waals surface area contributed by atoms with Crippen LogP contribution in [0.2, 0.25) is 0 Å². The maximum atomic E-state index is 11.8. The summed E-state index contributed by atoms with van der Waals surface area (Å²) in [6.45, 7) is 0.301. The summed E-state index contributed by atoms with van der Waals surface area (Å²) in [7, 11) is 2.83. The molecule has 31 heavy (non-hydrogen) atoms. The Hall–Kier alpha value is -3.11. The predicted octanol–water partition coefficient (Wildman–Crippen LogP) is 3.65. The van der Waals surface area contributed by atoms with Crippen LogP contribution in [0.15, 0.2) is 68.1 Å². The topological polar surface area (TPSA) is 98.6 Å². The van der Waals surface area contributed by atoms with Crippen molar-refractivity contribution in [1.29, 1.82) is 0 Å². The van der Waals surface area contributed by atoms with E-state index in [4.69, 9.17) is 9.47 Å². The Morgan fingerprint density at radius 3 is 2.74 bits per heavy atom. The second-order valence-electron chi connectivity index (χ2n) is 6.03. The van der Waals surface area contributed by atoms with Gasteiger partial charge in [0.25, 0.3) is 5.91 Å². The van der Waals surface area contributed by atoms with Crippen LogP contribution in [0.4, 0.5) is 0 Å². The zero-order valence-electron chi connectivity index (χ0n) is 16.6. The third kappa shape index (κ3) is 6.19. The van der Waals surface area contributed by atoms with Gasteiger partial charge in [-0.1, -0.05) is 12.1 Å². The van der Waals surface area contributed by atoms with Crippen molar-refractivity contribution in [3.63, 3.8) is 0 Å². The number of carbonyl (C=O) groups is 2. The maximum Gasteiger partial charge on any atom is 0.331 e. The average molecular weight is 504 g/mol. The summed E-state index contributed by atoms with van der Waals surface area (Å²) in [5.74, 6) is 0.366. The largest absolute Gasteiger partial charge is 0.496 e. The SMILES string of the molecule is COC(=O)/C=C1/S/C(=N\N=Cc2ccc(OC)c(COc3ccccc3Br)c2)NC1=O. The Labute approximate surface area is 191 Å². The standard InChI is InChI=1S/C21H18BrN3O5S/c1-28-16-8-7-13(9-14(16)12-30-17-6-4-3-5-15(17)22)11-23-25-21-24-20(27)18(31-21)10-19(26)29-2/h3-11H,12H2,1-2H3,(H,24,25,27)/b18-10+,23-11?. The van der Waals surface area contributed by atoms with E-state index in [0.717, 1.165) is 39.2 Å². The van der Waals surface area contributed by atoms with Crippen molar-refractivity contribution in [2.45, 2.75) is 6.61 Å². The van der Waals surface area contributed by atoms with Gasteiger partial charge in [0.05, 0.1) is 29.8 Å². The molecule has 0 spiro atoms. The molecule has 1 N–H and O–H groups in total. The summed E-state index contributed by atoms with van der Waals surface area (Å²) < 4.78 is 16.7. The number of hydrogen-bond donors (Lipinski definition) is 1. The van der Waals surface area contributed by atoms with E-state index in [0.29, 0.717) is 12.4 Å². The lowest BCUT2D eigenvalue weighted by molar-refractivity contribution is -0.135. The number of amidine groups is 1. The molecule has 0 atom stereocenters. The van der Waals surface area contributed by atoms with E-state index in [9.17, 15) is 9.59 Å². The molecule has 1 saturated heterocycles. The first-order valence-corrected chi connectivity index (χ1v) is 10.5. The van der Waals surface area contributed by atoms with E-state index < -0.39 is 11.9 Å². The minimum atomic E-state index is -0.613. The second kappa shape index (κ2) is 10.8. The highest BCUT2D eigenvalue weighted by atomic mass is 79.9. The van der Waals surface area contributed by atoms with Crippen molar-refractivity contribution in [3.8, 4) is 11.5 Å². The molecule has 8 nitrogen and oxygen atoms in total. The molecule has 2 aromatic carbocycles. The van der Waals surface area contributed by atoms with Crippen LogP contribution in [0.5, 0.6) is 11.5 Å². The summed E-state index contributed by atoms with van der Waals surface area (Å²) in [5.41, 5.74) is 1.61. The van der Waals surface area contributed by atoms with Crippen LogP contribution in [0.1, 0.15) is 11.1 Å². The highest BCUT2D eigenvalue weighted by molar-refractivity contribution is 9.10. The number of thioether (sulfide) groups is 1. The molecule has 0 bridgehead atoms. The number of hydrogen-bond acceptors (Lipinski definition) is 8. The van der Waals surface area contributed by atoms with Crippen molar-refractivity contribution in [2.24, 2.45) is 10.2 Å².